The highest BCUT2D eigenvalue weighted by Gasteiger charge is 1.92. The van der Waals surface area contributed by atoms with E-state index in [4.69, 9.17) is 4.74 Å². The van der Waals surface area contributed by atoms with Crippen molar-refractivity contribution in [2.45, 2.75) is 6.92 Å². The van der Waals surface area contributed by atoms with Gasteiger partial charge in [-0.15, -0.1) is 0 Å². The molecule has 0 aliphatic rings. The predicted octanol–water partition coefficient (Wildman–Crippen LogP) is 2.33. The Morgan fingerprint density at radius 1 is 1.53 bits per heavy atom. The summed E-state index contributed by atoms with van der Waals surface area (Å²) in [4.78, 5) is 10.6. The number of carbonyl (C=O) groups excluding carboxylic acids is 1. The first-order valence-corrected chi connectivity index (χ1v) is 5.47. The van der Waals surface area contributed by atoms with Crippen molar-refractivity contribution in [2.75, 3.05) is 12.9 Å². The number of hydrogen-bond donors (Lipinski definition) is 0. The Morgan fingerprint density at radius 3 is 3.00 bits per heavy atom. The highest BCUT2D eigenvalue weighted by atomic mass is 32.2. The summed E-state index contributed by atoms with van der Waals surface area (Å²) >= 11 is 1.22. The van der Waals surface area contributed by atoms with Crippen LogP contribution in [0.25, 0.3) is 0 Å². The van der Waals surface area contributed by atoms with Crippen LogP contribution in [-0.2, 0) is 4.79 Å². The van der Waals surface area contributed by atoms with Gasteiger partial charge < -0.3 is 4.74 Å². The maximum Gasteiger partial charge on any atom is 0.186 e. The van der Waals surface area contributed by atoms with Gasteiger partial charge in [0.2, 0.25) is 0 Å². The second-order valence-corrected chi connectivity index (χ2v) is 3.97. The van der Waals surface area contributed by atoms with E-state index >= 15 is 0 Å². The molecule has 0 aliphatic carbocycles. The Kier molecular flexibility index (Phi) is 4.79. The van der Waals surface area contributed by atoms with Gasteiger partial charge in [0.15, 0.2) is 5.12 Å². The van der Waals surface area contributed by atoms with E-state index in [2.05, 4.69) is 11.8 Å². The number of carbonyl (C=O) groups is 1. The summed E-state index contributed by atoms with van der Waals surface area (Å²) < 4.78 is 5.07. The minimum Gasteiger partial charge on any atom is -0.497 e. The summed E-state index contributed by atoms with van der Waals surface area (Å²) in [5.74, 6) is 7.22. The van der Waals surface area contributed by atoms with Crippen molar-refractivity contribution in [1.82, 2.24) is 0 Å². The third-order valence-corrected chi connectivity index (χ3v) is 2.35. The lowest BCUT2D eigenvalue weighted by molar-refractivity contribution is -0.109. The fourth-order valence-electron chi connectivity index (χ4n) is 0.977. The summed E-state index contributed by atoms with van der Waals surface area (Å²) in [6.07, 6.45) is 0. The zero-order valence-electron chi connectivity index (χ0n) is 8.74. The third kappa shape index (κ3) is 4.57. The van der Waals surface area contributed by atoms with Crippen molar-refractivity contribution in [3.05, 3.63) is 29.8 Å². The number of benzene rings is 1. The van der Waals surface area contributed by atoms with Crippen LogP contribution in [0.1, 0.15) is 12.5 Å². The van der Waals surface area contributed by atoms with Crippen molar-refractivity contribution >= 4 is 16.9 Å². The monoisotopic (exact) mass is 220 g/mol. The molecule has 0 amide bonds. The van der Waals surface area contributed by atoms with Crippen LogP contribution in [0.2, 0.25) is 0 Å². The molecule has 1 aromatic rings. The molecule has 0 saturated heterocycles. The number of methoxy groups -OCH3 is 1. The fraction of sp³-hybridized carbons (Fsp3) is 0.250. The van der Waals surface area contributed by atoms with Gasteiger partial charge in [0.1, 0.15) is 5.75 Å². The van der Waals surface area contributed by atoms with Crippen LogP contribution < -0.4 is 4.74 Å². The van der Waals surface area contributed by atoms with Gasteiger partial charge in [-0.1, -0.05) is 29.7 Å². The first kappa shape index (κ1) is 11.7. The van der Waals surface area contributed by atoms with E-state index in [0.717, 1.165) is 11.3 Å². The number of thioether (sulfide) groups is 1. The Hall–Kier alpha value is -1.40. The van der Waals surface area contributed by atoms with E-state index in [1.54, 1.807) is 7.11 Å². The van der Waals surface area contributed by atoms with Crippen LogP contribution in [0.4, 0.5) is 0 Å². The molecule has 1 rings (SSSR count). The normalized spacial score (nSPS) is 8.93. The van der Waals surface area contributed by atoms with Gasteiger partial charge in [-0.3, -0.25) is 4.79 Å². The number of rotatable bonds is 2. The van der Waals surface area contributed by atoms with Gasteiger partial charge in [-0.25, -0.2) is 0 Å². The number of hydrogen-bond acceptors (Lipinski definition) is 3. The molecule has 0 aliphatic heterocycles. The molecule has 0 saturated carbocycles. The molecule has 0 bridgehead atoms. The van der Waals surface area contributed by atoms with Crippen LogP contribution in [0.3, 0.4) is 0 Å². The van der Waals surface area contributed by atoms with Crippen LogP contribution in [-0.4, -0.2) is 18.0 Å². The predicted molar refractivity (Wildman–Crippen MR) is 63.0 cm³/mol. The lowest BCUT2D eigenvalue weighted by atomic mass is 10.2. The van der Waals surface area contributed by atoms with E-state index in [0.29, 0.717) is 5.75 Å². The van der Waals surface area contributed by atoms with E-state index < -0.39 is 0 Å². The lowest BCUT2D eigenvalue weighted by Gasteiger charge is -1.98. The second-order valence-electron chi connectivity index (χ2n) is 2.81. The largest absolute Gasteiger partial charge is 0.497 e. The molecule has 15 heavy (non-hydrogen) atoms. The van der Waals surface area contributed by atoms with E-state index in [1.807, 2.05) is 24.3 Å². The average molecular weight is 220 g/mol. The maximum atomic E-state index is 10.6. The Labute approximate surface area is 94.0 Å². The third-order valence-electron chi connectivity index (χ3n) is 1.65. The molecular weight excluding hydrogens is 208 g/mol. The van der Waals surface area contributed by atoms with Gasteiger partial charge in [-0.2, -0.15) is 0 Å². The van der Waals surface area contributed by atoms with Gasteiger partial charge in [0.05, 0.1) is 12.9 Å². The topological polar surface area (TPSA) is 26.3 Å². The standard InChI is InChI=1S/C12H12O2S/c1-10(13)15-8-4-6-11-5-3-7-12(9-11)14-2/h3,5,7,9H,8H2,1-2H3. The second kappa shape index (κ2) is 6.15. The first-order valence-electron chi connectivity index (χ1n) is 4.48. The fourth-order valence-corrected chi connectivity index (χ4v) is 1.32. The zero-order valence-corrected chi connectivity index (χ0v) is 9.56. The summed E-state index contributed by atoms with van der Waals surface area (Å²) in [5, 5.41) is 0.0925. The van der Waals surface area contributed by atoms with Crippen molar-refractivity contribution in [1.29, 1.82) is 0 Å². The van der Waals surface area contributed by atoms with Gasteiger partial charge in [-0.05, 0) is 18.2 Å². The molecule has 0 N–H and O–H groups in total. The van der Waals surface area contributed by atoms with Crippen LogP contribution in [0.15, 0.2) is 24.3 Å². The molecule has 1 aromatic carbocycles. The van der Waals surface area contributed by atoms with Crippen LogP contribution in [0, 0.1) is 11.8 Å². The van der Waals surface area contributed by atoms with Crippen molar-refractivity contribution in [3.8, 4) is 17.6 Å². The molecule has 0 atom stereocenters. The molecular formula is C12H12O2S. The Morgan fingerprint density at radius 2 is 2.33 bits per heavy atom. The SMILES string of the molecule is COc1cccc(C#CCSC(C)=O)c1. The average Bonchev–Trinajstić information content (AvgIpc) is 2.24. The molecule has 78 valence electrons. The molecule has 0 fully saturated rings. The molecule has 0 spiro atoms. The van der Waals surface area contributed by atoms with Crippen molar-refractivity contribution in [3.63, 3.8) is 0 Å². The van der Waals surface area contributed by atoms with E-state index in [9.17, 15) is 4.79 Å². The Balaban J connectivity index is 2.59. The lowest BCUT2D eigenvalue weighted by Crippen LogP contribution is -1.84. The summed E-state index contributed by atoms with van der Waals surface area (Å²) in [7, 11) is 1.62. The van der Waals surface area contributed by atoms with Gasteiger partial charge >= 0.3 is 0 Å². The summed E-state index contributed by atoms with van der Waals surface area (Å²) in [6, 6.07) is 7.54. The summed E-state index contributed by atoms with van der Waals surface area (Å²) in [5.41, 5.74) is 0.901. The highest BCUT2D eigenvalue weighted by Crippen LogP contribution is 2.11. The Bertz CT molecular complexity index is 402. The minimum atomic E-state index is 0.0925. The van der Waals surface area contributed by atoms with Gasteiger partial charge in [0.25, 0.3) is 0 Å². The minimum absolute atomic E-state index is 0.0925. The maximum absolute atomic E-state index is 10.6. The molecule has 0 heterocycles. The van der Waals surface area contributed by atoms with Gasteiger partial charge in [0, 0.05) is 12.5 Å². The number of ether oxygens (including phenoxy) is 1. The molecule has 0 aromatic heterocycles. The summed E-state index contributed by atoms with van der Waals surface area (Å²) in [6.45, 7) is 1.54. The van der Waals surface area contributed by atoms with Crippen LogP contribution >= 0.6 is 11.8 Å². The first-order chi connectivity index (χ1) is 7.22. The van der Waals surface area contributed by atoms with Crippen molar-refractivity contribution < 1.29 is 9.53 Å². The quantitative estimate of drug-likeness (QED) is 0.715. The molecule has 3 heteroatoms. The highest BCUT2D eigenvalue weighted by molar-refractivity contribution is 8.13. The molecule has 0 unspecified atom stereocenters. The molecule has 0 radical (unpaired) electrons. The zero-order chi connectivity index (χ0) is 11.1. The van der Waals surface area contributed by atoms with Crippen molar-refractivity contribution in [2.24, 2.45) is 0 Å². The molecule has 2 nitrogen and oxygen atoms in total. The smallest absolute Gasteiger partial charge is 0.186 e. The van der Waals surface area contributed by atoms with Crippen LogP contribution in [0.5, 0.6) is 5.75 Å². The van der Waals surface area contributed by atoms with E-state index in [1.165, 1.54) is 18.7 Å². The van der Waals surface area contributed by atoms with E-state index in [-0.39, 0.29) is 5.12 Å².